The van der Waals surface area contributed by atoms with Gasteiger partial charge in [-0.05, 0) is 41.2 Å². The van der Waals surface area contributed by atoms with Gasteiger partial charge in [0.05, 0.1) is 10.5 Å². The van der Waals surface area contributed by atoms with Crippen molar-refractivity contribution in [1.29, 1.82) is 0 Å². The molecule has 0 aliphatic rings. The van der Waals surface area contributed by atoms with Crippen LogP contribution < -0.4 is 0 Å². The maximum Gasteiger partial charge on any atom is 0.595 e. The Labute approximate surface area is 151 Å². The molecule has 3 aromatic rings. The number of thioether (sulfide) groups is 1. The Kier molecular flexibility index (Phi) is 4.56. The van der Waals surface area contributed by atoms with Crippen LogP contribution in [0, 0.1) is 0 Å². The van der Waals surface area contributed by atoms with Crippen LogP contribution in [0.25, 0.3) is 16.5 Å². The molecule has 3 rings (SSSR count). The molecule has 2 aromatic carbocycles. The highest BCUT2D eigenvalue weighted by atomic mass is 79.9. The van der Waals surface area contributed by atoms with Gasteiger partial charge >= 0.3 is 5.97 Å². The highest BCUT2D eigenvalue weighted by Gasteiger charge is 2.41. The number of carbonyl (C=O) groups excluding carboxylic acids is 2. The fraction of sp³-hybridized carbons (Fsp3) is 0.176. The summed E-state index contributed by atoms with van der Waals surface area (Å²) in [5.74, 6) is -0.420. The van der Waals surface area contributed by atoms with E-state index in [1.54, 1.807) is 13.8 Å². The van der Waals surface area contributed by atoms with Crippen molar-refractivity contribution in [2.75, 3.05) is 0 Å². The van der Waals surface area contributed by atoms with Crippen LogP contribution in [0.1, 0.15) is 13.8 Å². The standard InChI is InChI=1S/C17H15BrN3O2S/c1-17(2,14(22)23-3)24-16-20-19-15(18)21(16)13-10-6-8-11-7-4-5-9-12(11)13/h4-10H,3H2,1-2H3/q+1. The van der Waals surface area contributed by atoms with Gasteiger partial charge in [-0.3, -0.25) is 8.99 Å². The first-order valence-corrected chi connectivity index (χ1v) is 8.79. The minimum atomic E-state index is -0.837. The first-order chi connectivity index (χ1) is 11.4. The van der Waals surface area contributed by atoms with Crippen molar-refractivity contribution in [2.24, 2.45) is 0 Å². The van der Waals surface area contributed by atoms with E-state index in [0.717, 1.165) is 16.5 Å². The lowest BCUT2D eigenvalue weighted by Crippen LogP contribution is -2.28. The summed E-state index contributed by atoms with van der Waals surface area (Å²) in [6, 6.07) is 14.1. The number of rotatable bonds is 4. The maximum absolute atomic E-state index is 11.9. The van der Waals surface area contributed by atoms with Crippen LogP contribution in [0.5, 0.6) is 0 Å². The largest absolute Gasteiger partial charge is 0.595 e. The first kappa shape index (κ1) is 16.9. The molecule has 0 bridgehead atoms. The molecule has 1 aromatic heterocycles. The molecule has 0 atom stereocenters. The smallest absolute Gasteiger partial charge is 0.287 e. The summed E-state index contributed by atoms with van der Waals surface area (Å²) in [7, 11) is 0. The highest BCUT2D eigenvalue weighted by Crippen LogP contribution is 2.36. The zero-order valence-corrected chi connectivity index (χ0v) is 15.6. The van der Waals surface area contributed by atoms with Gasteiger partial charge < -0.3 is 0 Å². The Hall–Kier alpha value is -1.99. The lowest BCUT2D eigenvalue weighted by atomic mass is 10.1. The minimum absolute atomic E-state index is 0.420. The number of aromatic nitrogens is 3. The van der Waals surface area contributed by atoms with E-state index >= 15 is 0 Å². The molecule has 0 spiro atoms. The second-order valence-corrected chi connectivity index (χ2v) is 7.93. The van der Waals surface area contributed by atoms with Crippen molar-refractivity contribution in [1.82, 2.24) is 14.8 Å². The second kappa shape index (κ2) is 6.49. The first-order valence-electron chi connectivity index (χ1n) is 7.18. The van der Waals surface area contributed by atoms with Crippen molar-refractivity contribution in [2.45, 2.75) is 23.8 Å². The van der Waals surface area contributed by atoms with Crippen LogP contribution in [0.4, 0.5) is 0 Å². The Morgan fingerprint density at radius 3 is 2.67 bits per heavy atom. The molecular weight excluding hydrogens is 390 g/mol. The molecule has 0 fully saturated rings. The topological polar surface area (TPSA) is 59.1 Å². The number of carbonyl (C=O) groups is 1. The van der Waals surface area contributed by atoms with Gasteiger partial charge in [0.25, 0.3) is 0 Å². The fourth-order valence-electron chi connectivity index (χ4n) is 2.37. The van der Waals surface area contributed by atoms with Gasteiger partial charge in [0.2, 0.25) is 4.73 Å². The molecule has 24 heavy (non-hydrogen) atoms. The number of halogens is 1. The van der Waals surface area contributed by atoms with Gasteiger partial charge in [-0.25, -0.2) is 0 Å². The zero-order valence-electron chi connectivity index (χ0n) is 13.2. The lowest BCUT2D eigenvalue weighted by Gasteiger charge is -2.15. The number of nitrogens with zero attached hydrogens (tertiary/aromatic N) is 3. The molecule has 0 N–H and O–H groups in total. The van der Waals surface area contributed by atoms with E-state index in [0.29, 0.717) is 9.89 Å². The van der Waals surface area contributed by atoms with E-state index in [2.05, 4.69) is 37.3 Å². The third-order valence-electron chi connectivity index (χ3n) is 3.57. The highest BCUT2D eigenvalue weighted by molar-refractivity contribution is 9.10. The Balaban J connectivity index is 2.14. The van der Waals surface area contributed by atoms with Crippen molar-refractivity contribution in [3.8, 4) is 5.69 Å². The zero-order chi connectivity index (χ0) is 17.3. The number of fused-ring (bicyclic) bond motifs is 1. The Morgan fingerprint density at radius 1 is 1.21 bits per heavy atom. The van der Waals surface area contributed by atoms with E-state index < -0.39 is 10.7 Å². The van der Waals surface area contributed by atoms with Gasteiger partial charge in [-0.15, -0.1) is 10.2 Å². The summed E-state index contributed by atoms with van der Waals surface area (Å²) in [6.45, 7) is 6.74. The van der Waals surface area contributed by atoms with Crippen molar-refractivity contribution < 1.29 is 9.22 Å². The van der Waals surface area contributed by atoms with E-state index in [-0.39, 0.29) is 0 Å². The molecule has 7 heteroatoms. The van der Waals surface area contributed by atoms with E-state index in [9.17, 15) is 4.79 Å². The molecule has 0 aliphatic heterocycles. The molecule has 0 radical (unpaired) electrons. The average Bonchev–Trinajstić information content (AvgIpc) is 2.93. The van der Waals surface area contributed by atoms with E-state index in [1.807, 2.05) is 47.0 Å². The number of hydrogen-bond acceptors (Lipinski definition) is 4. The summed E-state index contributed by atoms with van der Waals surface area (Å²) in [5.41, 5.74) is 0.936. The average molecular weight is 405 g/mol. The van der Waals surface area contributed by atoms with E-state index in [1.165, 1.54) is 11.8 Å². The summed E-state index contributed by atoms with van der Waals surface area (Å²) in [6.07, 6.45) is 0. The molecule has 0 unspecified atom stereocenters. The maximum atomic E-state index is 11.9. The van der Waals surface area contributed by atoms with Crippen molar-refractivity contribution in [3.05, 3.63) is 47.2 Å². The van der Waals surface area contributed by atoms with Gasteiger partial charge in [-0.2, -0.15) is 0 Å². The third kappa shape index (κ3) is 3.01. The van der Waals surface area contributed by atoms with Crippen LogP contribution in [0.2, 0.25) is 0 Å². The molecule has 0 aliphatic carbocycles. The number of hydrogen-bond donors (Lipinski definition) is 0. The summed E-state index contributed by atoms with van der Waals surface area (Å²) < 4.78 is 6.24. The van der Waals surface area contributed by atoms with Crippen LogP contribution >= 0.6 is 27.7 Å². The normalized spacial score (nSPS) is 11.6. The molecule has 0 saturated carbocycles. The van der Waals surface area contributed by atoms with Gasteiger partial charge in [0.1, 0.15) is 0 Å². The van der Waals surface area contributed by atoms with Crippen LogP contribution in [-0.2, 0) is 9.22 Å². The van der Waals surface area contributed by atoms with Gasteiger partial charge in [-0.1, -0.05) is 48.2 Å². The second-order valence-electron chi connectivity index (χ2n) is 5.63. The SMILES string of the molecule is C=[O+]C(=O)C(C)(C)Sc1nnc(Br)n1-c1cccc2ccccc12. The summed E-state index contributed by atoms with van der Waals surface area (Å²) >= 11 is 4.72. The molecule has 1 heterocycles. The van der Waals surface area contributed by atoms with Gasteiger partial charge in [0, 0.05) is 5.39 Å². The molecule has 5 nitrogen and oxygen atoms in total. The predicted molar refractivity (Wildman–Crippen MR) is 98.6 cm³/mol. The predicted octanol–water partition coefficient (Wildman–Crippen LogP) is 3.94. The fourth-order valence-corrected chi connectivity index (χ4v) is 3.88. The van der Waals surface area contributed by atoms with Crippen molar-refractivity contribution in [3.63, 3.8) is 0 Å². The molecular formula is C17H15BrN3O2S+. The lowest BCUT2D eigenvalue weighted by molar-refractivity contribution is -0.371. The van der Waals surface area contributed by atoms with Crippen molar-refractivity contribution >= 4 is 51.2 Å². The minimum Gasteiger partial charge on any atom is -0.287 e. The Morgan fingerprint density at radius 2 is 1.92 bits per heavy atom. The monoisotopic (exact) mass is 404 g/mol. The number of benzene rings is 2. The molecule has 122 valence electrons. The van der Waals surface area contributed by atoms with Gasteiger partial charge in [0.15, 0.2) is 16.7 Å². The quantitative estimate of drug-likeness (QED) is 0.487. The summed E-state index contributed by atoms with van der Waals surface area (Å²) in [4.78, 5) is 11.9. The van der Waals surface area contributed by atoms with E-state index in [4.69, 9.17) is 0 Å². The molecule has 0 amide bonds. The van der Waals surface area contributed by atoms with Crippen LogP contribution in [-0.4, -0.2) is 32.3 Å². The van der Waals surface area contributed by atoms with Crippen LogP contribution in [0.15, 0.2) is 52.4 Å². The molecule has 0 saturated heterocycles. The Bertz CT molecular complexity index is 931. The third-order valence-corrected chi connectivity index (χ3v) is 5.21. The summed E-state index contributed by atoms with van der Waals surface area (Å²) in [5, 5.41) is 11.1. The van der Waals surface area contributed by atoms with Crippen LogP contribution in [0.3, 0.4) is 0 Å².